The van der Waals surface area contributed by atoms with Crippen molar-refractivity contribution in [2.24, 2.45) is 0 Å². The first kappa shape index (κ1) is 16.1. The van der Waals surface area contributed by atoms with E-state index in [0.717, 1.165) is 18.2 Å². The number of nitrogens with one attached hydrogen (secondary N) is 1. The molecule has 0 unspecified atom stereocenters. The van der Waals surface area contributed by atoms with E-state index in [1.807, 2.05) is 12.1 Å². The molecule has 0 radical (unpaired) electrons. The monoisotopic (exact) mass is 341 g/mol. The minimum atomic E-state index is -0.786. The molecule has 0 aliphatic rings. The molecule has 1 amide bonds. The number of imidazole rings is 1. The number of rotatable bonds is 5. The number of pyridine rings is 1. The number of non-ortho nitro benzene ring substituents is 2. The van der Waals surface area contributed by atoms with E-state index in [4.69, 9.17) is 0 Å². The summed E-state index contributed by atoms with van der Waals surface area (Å²) in [6.07, 6.45) is 3.53. The number of nitrogens with zero attached hydrogens (tertiary/aromatic N) is 4. The van der Waals surface area contributed by atoms with Gasteiger partial charge in [0, 0.05) is 24.5 Å². The second-order valence-corrected chi connectivity index (χ2v) is 5.13. The predicted molar refractivity (Wildman–Crippen MR) is 86.1 cm³/mol. The predicted octanol–water partition coefficient (Wildman–Crippen LogP) is 2.08. The van der Waals surface area contributed by atoms with Crippen LogP contribution in [0, 0.1) is 20.2 Å². The van der Waals surface area contributed by atoms with Gasteiger partial charge in [-0.25, -0.2) is 4.98 Å². The van der Waals surface area contributed by atoms with Crippen molar-refractivity contribution in [3.05, 3.63) is 80.3 Å². The van der Waals surface area contributed by atoms with E-state index < -0.39 is 27.1 Å². The van der Waals surface area contributed by atoms with E-state index in [2.05, 4.69) is 10.3 Å². The Hall–Kier alpha value is -3.82. The van der Waals surface area contributed by atoms with E-state index in [1.165, 1.54) is 0 Å². The first-order valence-electron chi connectivity index (χ1n) is 7.09. The van der Waals surface area contributed by atoms with Crippen LogP contribution in [0.4, 0.5) is 11.4 Å². The Morgan fingerprint density at radius 1 is 1.12 bits per heavy atom. The number of carbonyl (C=O) groups excluding carboxylic acids is 1. The molecule has 0 atom stereocenters. The molecule has 0 saturated carbocycles. The van der Waals surface area contributed by atoms with E-state index in [0.29, 0.717) is 11.3 Å². The van der Waals surface area contributed by atoms with Crippen LogP contribution in [0.15, 0.2) is 48.8 Å². The smallest absolute Gasteiger partial charge is 0.277 e. The molecule has 1 aromatic carbocycles. The Kier molecular flexibility index (Phi) is 4.08. The number of aromatic nitrogens is 2. The van der Waals surface area contributed by atoms with Crippen LogP contribution < -0.4 is 5.32 Å². The maximum absolute atomic E-state index is 12.2. The largest absolute Gasteiger partial charge is 0.346 e. The molecule has 126 valence electrons. The molecule has 3 aromatic rings. The third kappa shape index (κ3) is 3.42. The SMILES string of the molecule is O=C(NCc1cn2ccccc2n1)c1cc([N+](=O)[O-])cc([N+](=O)[O-])c1. The average Bonchev–Trinajstić information content (AvgIpc) is 3.02. The summed E-state index contributed by atoms with van der Waals surface area (Å²) in [5, 5.41) is 24.3. The maximum Gasteiger partial charge on any atom is 0.277 e. The summed E-state index contributed by atoms with van der Waals surface area (Å²) in [6.45, 7) is 0.0804. The van der Waals surface area contributed by atoms with Gasteiger partial charge in [0.05, 0.1) is 33.7 Å². The molecule has 2 heterocycles. The second-order valence-electron chi connectivity index (χ2n) is 5.13. The highest BCUT2D eigenvalue weighted by molar-refractivity contribution is 5.95. The molecule has 10 nitrogen and oxygen atoms in total. The minimum Gasteiger partial charge on any atom is -0.346 e. The number of benzene rings is 1. The summed E-state index contributed by atoms with van der Waals surface area (Å²) in [5.41, 5.74) is 0.0843. The standard InChI is InChI=1S/C15H11N5O5/c21-15(10-5-12(19(22)23)7-13(6-10)20(24)25)16-8-11-9-18-4-2-1-3-14(18)17-11/h1-7,9H,8H2,(H,16,21). The summed E-state index contributed by atoms with van der Waals surface area (Å²) in [6, 6.07) is 8.25. The fraction of sp³-hybridized carbons (Fsp3) is 0.0667. The lowest BCUT2D eigenvalue weighted by Gasteiger charge is -2.03. The number of hydrogen-bond donors (Lipinski definition) is 1. The van der Waals surface area contributed by atoms with Gasteiger partial charge in [-0.1, -0.05) is 6.07 Å². The van der Waals surface area contributed by atoms with Gasteiger partial charge in [0.25, 0.3) is 17.3 Å². The van der Waals surface area contributed by atoms with E-state index in [1.54, 1.807) is 22.9 Å². The molecule has 3 rings (SSSR count). The fourth-order valence-electron chi connectivity index (χ4n) is 2.28. The Labute approximate surface area is 140 Å². The molecule has 2 aromatic heterocycles. The molecule has 0 spiro atoms. The lowest BCUT2D eigenvalue weighted by molar-refractivity contribution is -0.394. The van der Waals surface area contributed by atoms with Gasteiger partial charge in [0.1, 0.15) is 5.65 Å². The van der Waals surface area contributed by atoms with Crippen molar-refractivity contribution < 1.29 is 14.6 Å². The number of nitro benzene ring substituents is 2. The lowest BCUT2D eigenvalue weighted by atomic mass is 10.1. The van der Waals surface area contributed by atoms with Crippen molar-refractivity contribution in [2.75, 3.05) is 0 Å². The molecule has 0 aliphatic heterocycles. The van der Waals surface area contributed by atoms with Crippen LogP contribution in [0.2, 0.25) is 0 Å². The Morgan fingerprint density at radius 3 is 2.40 bits per heavy atom. The number of hydrogen-bond acceptors (Lipinski definition) is 6. The van der Waals surface area contributed by atoms with Gasteiger partial charge in [0.2, 0.25) is 0 Å². The van der Waals surface area contributed by atoms with Crippen LogP contribution in [0.1, 0.15) is 16.1 Å². The number of carbonyl (C=O) groups is 1. The first-order chi connectivity index (χ1) is 11.9. The maximum atomic E-state index is 12.2. The van der Waals surface area contributed by atoms with Crippen LogP contribution in [0.3, 0.4) is 0 Å². The van der Waals surface area contributed by atoms with E-state index >= 15 is 0 Å². The van der Waals surface area contributed by atoms with Gasteiger partial charge in [-0.05, 0) is 12.1 Å². The molecule has 0 saturated heterocycles. The average molecular weight is 341 g/mol. The number of nitro groups is 2. The van der Waals surface area contributed by atoms with E-state index in [-0.39, 0.29) is 12.1 Å². The third-order valence-electron chi connectivity index (χ3n) is 3.43. The van der Waals surface area contributed by atoms with Crippen LogP contribution in [0.5, 0.6) is 0 Å². The quantitative estimate of drug-likeness (QED) is 0.558. The summed E-state index contributed by atoms with van der Waals surface area (Å²) in [5.74, 6) is -0.663. The highest BCUT2D eigenvalue weighted by Crippen LogP contribution is 2.22. The van der Waals surface area contributed by atoms with Crippen molar-refractivity contribution in [1.29, 1.82) is 0 Å². The van der Waals surface area contributed by atoms with Gasteiger partial charge in [-0.3, -0.25) is 25.0 Å². The topological polar surface area (TPSA) is 133 Å². The van der Waals surface area contributed by atoms with Gasteiger partial charge in [-0.2, -0.15) is 0 Å². The molecule has 0 aliphatic carbocycles. The highest BCUT2D eigenvalue weighted by Gasteiger charge is 2.19. The lowest BCUT2D eigenvalue weighted by Crippen LogP contribution is -2.23. The number of amides is 1. The zero-order valence-corrected chi connectivity index (χ0v) is 12.7. The van der Waals surface area contributed by atoms with Gasteiger partial charge in [0.15, 0.2) is 0 Å². The van der Waals surface area contributed by atoms with Crippen LogP contribution >= 0.6 is 0 Å². The Balaban J connectivity index is 1.80. The zero-order valence-electron chi connectivity index (χ0n) is 12.7. The van der Waals surface area contributed by atoms with Gasteiger partial charge < -0.3 is 9.72 Å². The van der Waals surface area contributed by atoms with Crippen LogP contribution in [0.25, 0.3) is 5.65 Å². The highest BCUT2D eigenvalue weighted by atomic mass is 16.6. The second kappa shape index (κ2) is 6.35. The van der Waals surface area contributed by atoms with Gasteiger partial charge >= 0.3 is 0 Å². The Morgan fingerprint density at radius 2 is 1.80 bits per heavy atom. The van der Waals surface area contributed by atoms with Crippen LogP contribution in [-0.2, 0) is 6.54 Å². The van der Waals surface area contributed by atoms with E-state index in [9.17, 15) is 25.0 Å². The normalized spacial score (nSPS) is 10.6. The fourth-order valence-corrected chi connectivity index (χ4v) is 2.28. The summed E-state index contributed by atoms with van der Waals surface area (Å²) in [7, 11) is 0. The van der Waals surface area contributed by atoms with Crippen LogP contribution in [-0.4, -0.2) is 25.1 Å². The molecule has 1 N–H and O–H groups in total. The summed E-state index contributed by atoms with van der Waals surface area (Å²) < 4.78 is 1.78. The van der Waals surface area contributed by atoms with Crippen molar-refractivity contribution in [2.45, 2.75) is 6.54 Å². The van der Waals surface area contributed by atoms with Crippen molar-refractivity contribution in [3.8, 4) is 0 Å². The van der Waals surface area contributed by atoms with Gasteiger partial charge in [-0.15, -0.1) is 0 Å². The molecule has 10 heteroatoms. The van der Waals surface area contributed by atoms with Crippen molar-refractivity contribution in [3.63, 3.8) is 0 Å². The minimum absolute atomic E-state index is 0.0804. The van der Waals surface area contributed by atoms with Crippen molar-refractivity contribution >= 4 is 22.9 Å². The molecular weight excluding hydrogens is 330 g/mol. The molecule has 25 heavy (non-hydrogen) atoms. The van der Waals surface area contributed by atoms with Crippen molar-refractivity contribution in [1.82, 2.24) is 14.7 Å². The molecular formula is C15H11N5O5. The first-order valence-corrected chi connectivity index (χ1v) is 7.09. The number of fused-ring (bicyclic) bond motifs is 1. The Bertz CT molecular complexity index is 932. The molecule has 0 fully saturated rings. The third-order valence-corrected chi connectivity index (χ3v) is 3.43. The zero-order chi connectivity index (χ0) is 18.0. The summed E-state index contributed by atoms with van der Waals surface area (Å²) in [4.78, 5) is 36.7. The summed E-state index contributed by atoms with van der Waals surface area (Å²) >= 11 is 0. The molecule has 0 bridgehead atoms.